The minimum absolute atomic E-state index is 0.762. The third-order valence-corrected chi connectivity index (χ3v) is 5.30. The van der Waals surface area contributed by atoms with Crippen LogP contribution >= 0.6 is 34.7 Å². The molecule has 0 saturated carbocycles. The van der Waals surface area contributed by atoms with Gasteiger partial charge in [0.1, 0.15) is 0 Å². The molecule has 20 heavy (non-hydrogen) atoms. The molecule has 0 aliphatic heterocycles. The van der Waals surface area contributed by atoms with Gasteiger partial charge in [0.2, 0.25) is 0 Å². The standard InChI is InChI=1S/C15H13ClN2S2/c16-11-5-1-2-6-12(11)17-9-10-19-15-18-13-7-3-4-8-14(13)20-15/h1-8,17H,9-10H2. The highest BCUT2D eigenvalue weighted by Crippen LogP contribution is 2.29. The van der Waals surface area contributed by atoms with E-state index in [0.29, 0.717) is 0 Å². The van der Waals surface area contributed by atoms with Crippen LogP contribution in [0.5, 0.6) is 0 Å². The molecule has 0 aliphatic carbocycles. The van der Waals surface area contributed by atoms with E-state index in [1.807, 2.05) is 36.4 Å². The first-order chi connectivity index (χ1) is 9.83. The fourth-order valence-electron chi connectivity index (χ4n) is 1.84. The number of thiazole rings is 1. The maximum absolute atomic E-state index is 6.09. The number of hydrogen-bond donors (Lipinski definition) is 1. The van der Waals surface area contributed by atoms with Crippen molar-refractivity contribution in [2.45, 2.75) is 4.34 Å². The predicted molar refractivity (Wildman–Crippen MR) is 90.3 cm³/mol. The van der Waals surface area contributed by atoms with Crippen LogP contribution in [-0.2, 0) is 0 Å². The Morgan fingerprint density at radius 2 is 1.90 bits per heavy atom. The lowest BCUT2D eigenvalue weighted by Crippen LogP contribution is -2.04. The van der Waals surface area contributed by atoms with Crippen LogP contribution in [0.15, 0.2) is 52.9 Å². The molecule has 3 aromatic rings. The number of hydrogen-bond acceptors (Lipinski definition) is 4. The molecule has 2 nitrogen and oxygen atoms in total. The molecule has 1 N–H and O–H groups in total. The van der Waals surface area contributed by atoms with Crippen LogP contribution in [0.1, 0.15) is 0 Å². The molecule has 0 saturated heterocycles. The molecular formula is C15H13ClN2S2. The van der Waals surface area contributed by atoms with Gasteiger partial charge in [0.25, 0.3) is 0 Å². The van der Waals surface area contributed by atoms with Crippen molar-refractivity contribution in [3.05, 3.63) is 53.6 Å². The number of halogens is 1. The lowest BCUT2D eigenvalue weighted by Gasteiger charge is -2.06. The predicted octanol–water partition coefficient (Wildman–Crippen LogP) is 5.15. The molecule has 1 heterocycles. The quantitative estimate of drug-likeness (QED) is 0.519. The molecule has 0 unspecified atom stereocenters. The fourth-order valence-corrected chi connectivity index (χ4v) is 4.04. The summed E-state index contributed by atoms with van der Waals surface area (Å²) >= 11 is 9.61. The van der Waals surface area contributed by atoms with E-state index in [4.69, 9.17) is 11.6 Å². The topological polar surface area (TPSA) is 24.9 Å². The van der Waals surface area contributed by atoms with Crippen molar-refractivity contribution >= 4 is 50.6 Å². The summed E-state index contributed by atoms with van der Waals surface area (Å²) in [5.74, 6) is 0.963. The summed E-state index contributed by atoms with van der Waals surface area (Å²) in [7, 11) is 0. The van der Waals surface area contributed by atoms with Gasteiger partial charge in [0, 0.05) is 12.3 Å². The minimum Gasteiger partial charge on any atom is -0.383 e. The number of fused-ring (bicyclic) bond motifs is 1. The van der Waals surface area contributed by atoms with Crippen molar-refractivity contribution in [1.29, 1.82) is 0 Å². The zero-order valence-electron chi connectivity index (χ0n) is 10.7. The Morgan fingerprint density at radius 3 is 2.75 bits per heavy atom. The normalized spacial score (nSPS) is 10.8. The summed E-state index contributed by atoms with van der Waals surface area (Å²) in [5, 5.41) is 4.10. The first kappa shape index (κ1) is 13.7. The zero-order chi connectivity index (χ0) is 13.8. The maximum Gasteiger partial charge on any atom is 0.151 e. The van der Waals surface area contributed by atoms with Crippen molar-refractivity contribution in [2.24, 2.45) is 0 Å². The van der Waals surface area contributed by atoms with Crippen molar-refractivity contribution in [3.63, 3.8) is 0 Å². The molecule has 2 aromatic carbocycles. The summed E-state index contributed by atoms with van der Waals surface area (Å²) in [5.41, 5.74) is 2.07. The monoisotopic (exact) mass is 320 g/mol. The van der Waals surface area contributed by atoms with Crippen molar-refractivity contribution in [2.75, 3.05) is 17.6 Å². The number of nitrogens with zero attached hydrogens (tertiary/aromatic N) is 1. The van der Waals surface area contributed by atoms with Gasteiger partial charge in [0.15, 0.2) is 4.34 Å². The molecule has 1 aromatic heterocycles. The summed E-state index contributed by atoms with van der Waals surface area (Å²) in [4.78, 5) is 4.60. The van der Waals surface area contributed by atoms with Crippen molar-refractivity contribution in [3.8, 4) is 0 Å². The molecule has 5 heteroatoms. The second-order valence-electron chi connectivity index (χ2n) is 4.20. The van der Waals surface area contributed by atoms with Gasteiger partial charge in [-0.3, -0.25) is 0 Å². The number of para-hydroxylation sites is 2. The average molecular weight is 321 g/mol. The van der Waals surface area contributed by atoms with Gasteiger partial charge in [0.05, 0.1) is 20.9 Å². The Bertz CT molecular complexity index is 679. The van der Waals surface area contributed by atoms with Crippen LogP contribution in [-0.4, -0.2) is 17.3 Å². The number of nitrogens with one attached hydrogen (secondary N) is 1. The van der Waals surface area contributed by atoms with E-state index < -0.39 is 0 Å². The molecular weight excluding hydrogens is 308 g/mol. The van der Waals surface area contributed by atoms with Gasteiger partial charge >= 0.3 is 0 Å². The highest BCUT2D eigenvalue weighted by molar-refractivity contribution is 8.01. The van der Waals surface area contributed by atoms with E-state index in [1.165, 1.54) is 4.70 Å². The average Bonchev–Trinajstić information content (AvgIpc) is 2.88. The third kappa shape index (κ3) is 3.26. The van der Waals surface area contributed by atoms with Crippen molar-refractivity contribution < 1.29 is 0 Å². The molecule has 0 atom stereocenters. The summed E-state index contributed by atoms with van der Waals surface area (Å²) in [6.07, 6.45) is 0. The van der Waals surface area contributed by atoms with Gasteiger partial charge in [-0.05, 0) is 24.3 Å². The van der Waals surface area contributed by atoms with Crippen LogP contribution in [0.25, 0.3) is 10.2 Å². The zero-order valence-corrected chi connectivity index (χ0v) is 13.1. The van der Waals surface area contributed by atoms with Gasteiger partial charge in [-0.25, -0.2) is 4.98 Å². The molecule has 0 fully saturated rings. The summed E-state index contributed by atoms with van der Waals surface area (Å²) in [6.45, 7) is 0.865. The van der Waals surface area contributed by atoms with Crippen LogP contribution in [0.2, 0.25) is 5.02 Å². The van der Waals surface area contributed by atoms with E-state index >= 15 is 0 Å². The van der Waals surface area contributed by atoms with Crippen LogP contribution in [0.3, 0.4) is 0 Å². The van der Waals surface area contributed by atoms with Crippen LogP contribution < -0.4 is 5.32 Å². The molecule has 0 aliphatic rings. The van der Waals surface area contributed by atoms with Crippen LogP contribution in [0.4, 0.5) is 5.69 Å². The Kier molecular flexibility index (Phi) is 4.45. The summed E-state index contributed by atoms with van der Waals surface area (Å²) < 4.78 is 2.36. The third-order valence-electron chi connectivity index (χ3n) is 2.79. The van der Waals surface area contributed by atoms with E-state index in [1.54, 1.807) is 23.1 Å². The van der Waals surface area contributed by atoms with E-state index in [0.717, 1.165) is 32.9 Å². The van der Waals surface area contributed by atoms with Gasteiger partial charge < -0.3 is 5.32 Å². The Labute approximate surface area is 131 Å². The second-order valence-corrected chi connectivity index (χ2v) is 6.98. The lowest BCUT2D eigenvalue weighted by atomic mass is 10.3. The SMILES string of the molecule is Clc1ccccc1NCCSc1nc2ccccc2s1. The molecule has 0 bridgehead atoms. The van der Waals surface area contributed by atoms with Gasteiger partial charge in [-0.1, -0.05) is 47.6 Å². The first-order valence-electron chi connectivity index (χ1n) is 6.30. The Balaban J connectivity index is 1.54. The molecule has 0 amide bonds. The number of thioether (sulfide) groups is 1. The number of anilines is 1. The number of aromatic nitrogens is 1. The molecule has 3 rings (SSSR count). The van der Waals surface area contributed by atoms with Crippen molar-refractivity contribution in [1.82, 2.24) is 4.98 Å². The van der Waals surface area contributed by atoms with Gasteiger partial charge in [-0.15, -0.1) is 11.3 Å². The molecule has 0 radical (unpaired) electrons. The van der Waals surface area contributed by atoms with E-state index in [2.05, 4.69) is 22.4 Å². The molecule has 0 spiro atoms. The molecule has 102 valence electrons. The van der Waals surface area contributed by atoms with E-state index in [-0.39, 0.29) is 0 Å². The van der Waals surface area contributed by atoms with Gasteiger partial charge in [-0.2, -0.15) is 0 Å². The minimum atomic E-state index is 0.762. The Hall–Kier alpha value is -1.23. The second kappa shape index (κ2) is 6.48. The number of benzene rings is 2. The summed E-state index contributed by atoms with van der Waals surface area (Å²) in [6, 6.07) is 16.0. The van der Waals surface area contributed by atoms with Crippen LogP contribution in [0, 0.1) is 0 Å². The largest absolute Gasteiger partial charge is 0.383 e. The highest BCUT2D eigenvalue weighted by atomic mass is 35.5. The maximum atomic E-state index is 6.09. The Morgan fingerprint density at radius 1 is 1.10 bits per heavy atom. The number of rotatable bonds is 5. The fraction of sp³-hybridized carbons (Fsp3) is 0.133. The smallest absolute Gasteiger partial charge is 0.151 e. The van der Waals surface area contributed by atoms with E-state index in [9.17, 15) is 0 Å². The lowest BCUT2D eigenvalue weighted by molar-refractivity contribution is 1.21. The highest BCUT2D eigenvalue weighted by Gasteiger charge is 2.03. The first-order valence-corrected chi connectivity index (χ1v) is 8.48.